The number of sulfone groups is 1. The molecule has 0 radical (unpaired) electrons. The Morgan fingerprint density at radius 1 is 1.24 bits per heavy atom. The predicted molar refractivity (Wildman–Crippen MR) is 118 cm³/mol. The van der Waals surface area contributed by atoms with E-state index in [4.69, 9.17) is 41.5 Å². The van der Waals surface area contributed by atoms with Crippen molar-refractivity contribution in [3.63, 3.8) is 0 Å². The molecule has 0 aliphatic carbocycles. The van der Waals surface area contributed by atoms with Gasteiger partial charge in [-0.05, 0) is 25.5 Å². The Labute approximate surface area is 198 Å². The Balaban J connectivity index is 1.82. The van der Waals surface area contributed by atoms with Gasteiger partial charge in [-0.15, -0.1) is 0 Å². The van der Waals surface area contributed by atoms with Gasteiger partial charge in [0.2, 0.25) is 0 Å². The SMILES string of the molecule is CC1=C(C(=O)OCc2oc(=O)oc2C)C(c2cccc(Cl)c2Cl)C2=C(COCCS2(=O)=O)N1. The van der Waals surface area contributed by atoms with E-state index >= 15 is 0 Å². The van der Waals surface area contributed by atoms with Gasteiger partial charge in [0.1, 0.15) is 0 Å². The third-order valence-electron chi connectivity index (χ3n) is 5.35. The molecule has 1 aromatic heterocycles. The molecular formula is C21H19Cl2NO8S. The zero-order valence-corrected chi connectivity index (χ0v) is 19.9. The maximum absolute atomic E-state index is 13.3. The monoisotopic (exact) mass is 515 g/mol. The molecule has 2 aliphatic rings. The molecule has 0 fully saturated rings. The van der Waals surface area contributed by atoms with Gasteiger partial charge < -0.3 is 23.6 Å². The predicted octanol–water partition coefficient (Wildman–Crippen LogP) is 3.21. The highest BCUT2D eigenvalue weighted by Gasteiger charge is 2.42. The van der Waals surface area contributed by atoms with Crippen LogP contribution in [0, 0.1) is 6.92 Å². The fourth-order valence-corrected chi connectivity index (χ4v) is 5.89. The largest absolute Gasteiger partial charge is 0.519 e. The molecule has 0 bridgehead atoms. The molecular weight excluding hydrogens is 497 g/mol. The van der Waals surface area contributed by atoms with Crippen LogP contribution >= 0.6 is 23.2 Å². The lowest BCUT2D eigenvalue weighted by molar-refractivity contribution is -0.141. The molecule has 33 heavy (non-hydrogen) atoms. The number of rotatable bonds is 4. The standard InChI is InChI=1S/C21H19Cl2NO8S/c1-10-16(20(25)30-9-15-11(2)31-21(26)32-15)17(12-4-3-5-13(22)18(12)23)19-14(24-10)8-29-6-7-33(19,27)28/h3-5,17,24H,6-9H2,1-2H3. The average Bonchev–Trinajstić information content (AvgIpc) is 2.99. The number of allylic oxidation sites excluding steroid dienone is 2. The van der Waals surface area contributed by atoms with Crippen LogP contribution in [-0.2, 0) is 30.7 Å². The third kappa shape index (κ3) is 4.48. The Kier molecular flexibility index (Phi) is 6.45. The summed E-state index contributed by atoms with van der Waals surface area (Å²) in [6.07, 6.45) is 0. The van der Waals surface area contributed by atoms with Gasteiger partial charge in [0.15, 0.2) is 28.0 Å². The number of nitrogens with one attached hydrogen (secondary N) is 1. The lowest BCUT2D eigenvalue weighted by Gasteiger charge is -2.31. The van der Waals surface area contributed by atoms with Crippen molar-refractivity contribution in [2.24, 2.45) is 0 Å². The lowest BCUT2D eigenvalue weighted by Crippen LogP contribution is -2.33. The molecule has 0 spiro atoms. The summed E-state index contributed by atoms with van der Waals surface area (Å²) >= 11 is 12.7. The second kappa shape index (κ2) is 9.02. The van der Waals surface area contributed by atoms with Crippen molar-refractivity contribution >= 4 is 39.0 Å². The summed E-state index contributed by atoms with van der Waals surface area (Å²) in [5, 5.41) is 3.30. The van der Waals surface area contributed by atoms with Gasteiger partial charge in [-0.1, -0.05) is 35.3 Å². The zero-order chi connectivity index (χ0) is 23.9. The maximum atomic E-state index is 13.3. The summed E-state index contributed by atoms with van der Waals surface area (Å²) in [6.45, 7) is 2.74. The quantitative estimate of drug-likeness (QED) is 0.610. The first-order chi connectivity index (χ1) is 15.6. The molecule has 1 N–H and O–H groups in total. The molecule has 2 aliphatic heterocycles. The van der Waals surface area contributed by atoms with Gasteiger partial charge in [0, 0.05) is 5.70 Å². The number of esters is 1. The van der Waals surface area contributed by atoms with E-state index in [0.29, 0.717) is 17.0 Å². The van der Waals surface area contributed by atoms with E-state index in [2.05, 4.69) is 5.32 Å². The van der Waals surface area contributed by atoms with Gasteiger partial charge in [0.05, 0.1) is 51.1 Å². The molecule has 176 valence electrons. The van der Waals surface area contributed by atoms with Crippen LogP contribution in [0.2, 0.25) is 10.0 Å². The fraction of sp³-hybridized carbons (Fsp3) is 0.333. The number of carbonyl (C=O) groups excluding carboxylic acids is 1. The molecule has 4 rings (SSSR count). The van der Waals surface area contributed by atoms with E-state index < -0.39 is 27.5 Å². The summed E-state index contributed by atoms with van der Waals surface area (Å²) in [7, 11) is -3.83. The first-order valence-corrected chi connectivity index (χ1v) is 12.2. The second-order valence-corrected chi connectivity index (χ2v) is 10.3. The van der Waals surface area contributed by atoms with Crippen LogP contribution in [0.3, 0.4) is 0 Å². The molecule has 12 heteroatoms. The van der Waals surface area contributed by atoms with Crippen molar-refractivity contribution in [2.75, 3.05) is 19.0 Å². The summed E-state index contributed by atoms with van der Waals surface area (Å²) < 4.78 is 46.9. The zero-order valence-electron chi connectivity index (χ0n) is 17.6. The Bertz CT molecular complexity index is 1350. The molecule has 0 amide bonds. The maximum Gasteiger partial charge on any atom is 0.519 e. The minimum Gasteiger partial charge on any atom is -0.454 e. The highest BCUT2D eigenvalue weighted by atomic mass is 35.5. The fourth-order valence-electron chi connectivity index (χ4n) is 3.83. The Morgan fingerprint density at radius 2 is 2.00 bits per heavy atom. The third-order valence-corrected chi connectivity index (χ3v) is 8.04. The summed E-state index contributed by atoms with van der Waals surface area (Å²) in [5.74, 6) is -2.87. The molecule has 0 saturated heterocycles. The molecule has 1 atom stereocenters. The first kappa shape index (κ1) is 23.6. The summed E-state index contributed by atoms with van der Waals surface area (Å²) in [4.78, 5) is 24.5. The van der Waals surface area contributed by atoms with Crippen LogP contribution in [0.25, 0.3) is 0 Å². The first-order valence-electron chi connectivity index (χ1n) is 9.82. The number of ether oxygens (including phenoxy) is 2. The minimum atomic E-state index is -3.83. The van der Waals surface area contributed by atoms with Crippen molar-refractivity contribution in [1.82, 2.24) is 5.32 Å². The number of dihydropyridines is 1. The van der Waals surface area contributed by atoms with E-state index in [0.717, 1.165) is 0 Å². The van der Waals surface area contributed by atoms with E-state index in [9.17, 15) is 18.0 Å². The van der Waals surface area contributed by atoms with Gasteiger partial charge >= 0.3 is 11.8 Å². The Morgan fingerprint density at radius 3 is 2.70 bits per heavy atom. The molecule has 9 nitrogen and oxygen atoms in total. The number of hydrogen-bond donors (Lipinski definition) is 1. The van der Waals surface area contributed by atoms with Crippen molar-refractivity contribution in [2.45, 2.75) is 26.4 Å². The summed E-state index contributed by atoms with van der Waals surface area (Å²) in [6, 6.07) is 4.79. The van der Waals surface area contributed by atoms with Crippen LogP contribution < -0.4 is 11.1 Å². The number of hydrogen-bond acceptors (Lipinski definition) is 9. The number of halogens is 2. The Hall–Kier alpha value is -2.53. The van der Waals surface area contributed by atoms with Crippen LogP contribution in [0.4, 0.5) is 0 Å². The molecule has 1 aromatic carbocycles. The highest BCUT2D eigenvalue weighted by Crippen LogP contribution is 2.45. The minimum absolute atomic E-state index is 0.00460. The van der Waals surface area contributed by atoms with Crippen molar-refractivity contribution in [3.8, 4) is 0 Å². The number of aryl methyl sites for hydroxylation is 1. The molecule has 3 heterocycles. The van der Waals surface area contributed by atoms with Crippen LogP contribution in [-0.4, -0.2) is 33.4 Å². The smallest absolute Gasteiger partial charge is 0.454 e. The van der Waals surface area contributed by atoms with Gasteiger partial charge in [-0.2, -0.15) is 0 Å². The van der Waals surface area contributed by atoms with Crippen molar-refractivity contribution in [3.05, 3.63) is 77.8 Å². The lowest BCUT2D eigenvalue weighted by atomic mass is 9.86. The van der Waals surface area contributed by atoms with Crippen LogP contribution in [0.15, 0.2) is 53.7 Å². The topological polar surface area (TPSA) is 125 Å². The van der Waals surface area contributed by atoms with Crippen LogP contribution in [0.1, 0.15) is 29.9 Å². The van der Waals surface area contributed by atoms with E-state index in [1.807, 2.05) is 0 Å². The molecule has 0 saturated carbocycles. The van der Waals surface area contributed by atoms with E-state index in [1.165, 1.54) is 6.92 Å². The molecule has 1 unspecified atom stereocenters. The average molecular weight is 516 g/mol. The van der Waals surface area contributed by atoms with E-state index in [-0.39, 0.29) is 57.6 Å². The van der Waals surface area contributed by atoms with Gasteiger partial charge in [-0.3, -0.25) is 0 Å². The van der Waals surface area contributed by atoms with Crippen molar-refractivity contribution < 1.29 is 31.5 Å². The summed E-state index contributed by atoms with van der Waals surface area (Å²) in [5.41, 5.74) is 1.05. The number of benzene rings is 1. The van der Waals surface area contributed by atoms with E-state index in [1.54, 1.807) is 25.1 Å². The number of carbonyl (C=O) groups is 1. The molecule has 2 aromatic rings. The highest BCUT2D eigenvalue weighted by molar-refractivity contribution is 7.95. The normalized spacial score (nSPS) is 20.2. The van der Waals surface area contributed by atoms with Gasteiger partial charge in [-0.25, -0.2) is 18.0 Å². The van der Waals surface area contributed by atoms with Gasteiger partial charge in [0.25, 0.3) is 0 Å². The van der Waals surface area contributed by atoms with Crippen molar-refractivity contribution in [1.29, 1.82) is 0 Å². The van der Waals surface area contributed by atoms with Crippen LogP contribution in [0.5, 0.6) is 0 Å². The second-order valence-electron chi connectivity index (χ2n) is 7.46.